The SMILES string of the molecule is CC1C(CNS(C)(=O)=O)N(C2COC2)CCN1c1ccnc(-c2cnc3ccc(C(F)F)cn23)n1. The molecule has 1 N–H and O–H groups in total. The molecule has 0 aromatic carbocycles. The van der Waals surface area contributed by atoms with Crippen LogP contribution in [0.5, 0.6) is 0 Å². The lowest BCUT2D eigenvalue weighted by Gasteiger charge is -2.51. The van der Waals surface area contributed by atoms with E-state index in [1.165, 1.54) is 12.3 Å². The molecule has 0 bridgehead atoms. The number of anilines is 1. The van der Waals surface area contributed by atoms with Gasteiger partial charge in [0.2, 0.25) is 10.0 Å². The maximum Gasteiger partial charge on any atom is 0.265 e. The molecule has 3 aromatic rings. The van der Waals surface area contributed by atoms with Crippen LogP contribution >= 0.6 is 0 Å². The fraction of sp³-hybridized carbons (Fsp3) is 0.500. The maximum atomic E-state index is 13.3. The van der Waals surface area contributed by atoms with E-state index in [0.29, 0.717) is 42.7 Å². The first kappa shape index (κ1) is 24.0. The summed E-state index contributed by atoms with van der Waals surface area (Å²) in [5.74, 6) is 1.05. The normalized spacial score (nSPS) is 22.1. The van der Waals surface area contributed by atoms with E-state index < -0.39 is 16.4 Å². The Labute approximate surface area is 202 Å². The van der Waals surface area contributed by atoms with Gasteiger partial charge >= 0.3 is 0 Å². The van der Waals surface area contributed by atoms with Gasteiger partial charge in [0.25, 0.3) is 6.43 Å². The highest BCUT2D eigenvalue weighted by atomic mass is 32.2. The van der Waals surface area contributed by atoms with E-state index in [0.717, 1.165) is 12.8 Å². The first-order valence-electron chi connectivity index (χ1n) is 11.3. The lowest BCUT2D eigenvalue weighted by atomic mass is 9.99. The average Bonchev–Trinajstić information content (AvgIpc) is 3.20. The van der Waals surface area contributed by atoms with Crippen LogP contribution in [0.25, 0.3) is 17.2 Å². The molecule has 13 heteroatoms. The number of aromatic nitrogens is 4. The van der Waals surface area contributed by atoms with Crippen LogP contribution in [0.15, 0.2) is 36.8 Å². The van der Waals surface area contributed by atoms with Crippen molar-refractivity contribution in [1.29, 1.82) is 0 Å². The number of imidazole rings is 1. The molecule has 2 saturated heterocycles. The number of sulfonamides is 1. The molecule has 5 rings (SSSR count). The molecule has 188 valence electrons. The molecular formula is C22H27F2N7O3S. The zero-order valence-corrected chi connectivity index (χ0v) is 20.2. The molecule has 2 aliphatic rings. The van der Waals surface area contributed by atoms with Crippen molar-refractivity contribution in [3.8, 4) is 11.5 Å². The Kier molecular flexibility index (Phi) is 6.42. The smallest absolute Gasteiger partial charge is 0.265 e. The number of alkyl halides is 2. The molecule has 35 heavy (non-hydrogen) atoms. The van der Waals surface area contributed by atoms with Crippen molar-refractivity contribution in [2.24, 2.45) is 0 Å². The summed E-state index contributed by atoms with van der Waals surface area (Å²) in [6.45, 7) is 5.00. The first-order chi connectivity index (χ1) is 16.7. The number of hydrogen-bond donors (Lipinski definition) is 1. The van der Waals surface area contributed by atoms with E-state index in [1.807, 2.05) is 6.92 Å². The number of nitrogens with one attached hydrogen (secondary N) is 1. The van der Waals surface area contributed by atoms with Gasteiger partial charge in [-0.3, -0.25) is 9.30 Å². The van der Waals surface area contributed by atoms with Crippen LogP contribution in [0.1, 0.15) is 18.9 Å². The zero-order chi connectivity index (χ0) is 24.7. The molecule has 2 unspecified atom stereocenters. The number of halogens is 2. The second-order valence-electron chi connectivity index (χ2n) is 8.92. The number of ether oxygens (including phenoxy) is 1. The maximum absolute atomic E-state index is 13.3. The van der Waals surface area contributed by atoms with Crippen LogP contribution in [-0.2, 0) is 14.8 Å². The molecule has 0 radical (unpaired) electrons. The van der Waals surface area contributed by atoms with E-state index in [-0.39, 0.29) is 30.2 Å². The Hall–Kier alpha value is -2.74. The highest BCUT2D eigenvalue weighted by molar-refractivity contribution is 7.88. The van der Waals surface area contributed by atoms with Gasteiger partial charge in [0, 0.05) is 49.7 Å². The Bertz CT molecular complexity index is 1320. The van der Waals surface area contributed by atoms with Gasteiger partial charge in [0.15, 0.2) is 5.82 Å². The molecule has 2 aliphatic heterocycles. The van der Waals surface area contributed by atoms with Gasteiger partial charge in [-0.15, -0.1) is 0 Å². The average molecular weight is 508 g/mol. The number of nitrogens with zero attached hydrogens (tertiary/aromatic N) is 6. The van der Waals surface area contributed by atoms with Crippen molar-refractivity contribution in [3.05, 3.63) is 42.4 Å². The predicted octanol–water partition coefficient (Wildman–Crippen LogP) is 1.56. The minimum Gasteiger partial charge on any atom is -0.378 e. The van der Waals surface area contributed by atoms with E-state index in [9.17, 15) is 17.2 Å². The van der Waals surface area contributed by atoms with Gasteiger partial charge in [-0.25, -0.2) is 36.9 Å². The topological polar surface area (TPSA) is 105 Å². The van der Waals surface area contributed by atoms with Crippen molar-refractivity contribution in [2.75, 3.05) is 44.0 Å². The summed E-state index contributed by atoms with van der Waals surface area (Å²) < 4.78 is 59.7. The molecule has 2 fully saturated rings. The van der Waals surface area contributed by atoms with Gasteiger partial charge in [0.05, 0.1) is 31.7 Å². The van der Waals surface area contributed by atoms with E-state index in [2.05, 4.69) is 24.5 Å². The summed E-state index contributed by atoms with van der Waals surface area (Å²) in [6, 6.07) is 4.81. The summed E-state index contributed by atoms with van der Waals surface area (Å²) in [6.07, 6.45) is 3.11. The third-order valence-corrected chi connectivity index (χ3v) is 7.35. The number of piperazine rings is 1. The molecule has 2 atom stereocenters. The Balaban J connectivity index is 1.44. The molecule has 0 aliphatic carbocycles. The van der Waals surface area contributed by atoms with Crippen LogP contribution in [-0.4, -0.2) is 89.9 Å². The number of pyridine rings is 1. The van der Waals surface area contributed by atoms with Gasteiger partial charge in [-0.2, -0.15) is 0 Å². The summed E-state index contributed by atoms with van der Waals surface area (Å²) >= 11 is 0. The molecule has 5 heterocycles. The molecule has 0 spiro atoms. The first-order valence-corrected chi connectivity index (χ1v) is 13.2. The minimum absolute atomic E-state index is 0.0611. The Morgan fingerprint density at radius 2 is 2.00 bits per heavy atom. The Morgan fingerprint density at radius 3 is 2.69 bits per heavy atom. The van der Waals surface area contributed by atoms with Crippen LogP contribution < -0.4 is 9.62 Å². The summed E-state index contributed by atoms with van der Waals surface area (Å²) in [4.78, 5) is 17.9. The standard InChI is InChI=1S/C22H27F2N7O3S/c1-14-17(10-27-35(2,32)33)30(16-12-34-13-16)8-7-29(14)20-5-6-25-22(28-20)18-9-26-19-4-3-15(21(23)24)11-31(18)19/h3-6,9,11,14,16-17,21,27H,7-8,10,12-13H2,1-2H3. The molecule has 10 nitrogen and oxygen atoms in total. The summed E-state index contributed by atoms with van der Waals surface area (Å²) in [5.41, 5.74) is 0.923. The largest absolute Gasteiger partial charge is 0.378 e. The molecular weight excluding hydrogens is 480 g/mol. The van der Waals surface area contributed by atoms with Crippen LogP contribution in [0.2, 0.25) is 0 Å². The minimum atomic E-state index is -3.35. The van der Waals surface area contributed by atoms with Crippen LogP contribution in [0, 0.1) is 0 Å². The van der Waals surface area contributed by atoms with Crippen molar-refractivity contribution in [1.82, 2.24) is 29.0 Å². The fourth-order valence-electron chi connectivity index (χ4n) is 4.72. The van der Waals surface area contributed by atoms with Crippen LogP contribution in [0.4, 0.5) is 14.6 Å². The monoisotopic (exact) mass is 507 g/mol. The predicted molar refractivity (Wildman–Crippen MR) is 126 cm³/mol. The summed E-state index contributed by atoms with van der Waals surface area (Å²) in [5, 5.41) is 0. The second-order valence-corrected chi connectivity index (χ2v) is 10.8. The zero-order valence-electron chi connectivity index (χ0n) is 19.4. The van der Waals surface area contributed by atoms with Gasteiger partial charge in [-0.05, 0) is 25.1 Å². The van der Waals surface area contributed by atoms with Gasteiger partial charge in [0.1, 0.15) is 17.2 Å². The van der Waals surface area contributed by atoms with E-state index in [4.69, 9.17) is 9.72 Å². The highest BCUT2D eigenvalue weighted by Gasteiger charge is 2.40. The third kappa shape index (κ3) is 4.85. The second kappa shape index (κ2) is 9.37. The fourth-order valence-corrected chi connectivity index (χ4v) is 5.19. The lowest BCUT2D eigenvalue weighted by molar-refractivity contribution is -0.0858. The van der Waals surface area contributed by atoms with Crippen LogP contribution in [0.3, 0.4) is 0 Å². The van der Waals surface area contributed by atoms with E-state index in [1.54, 1.807) is 28.9 Å². The van der Waals surface area contributed by atoms with Crippen molar-refractivity contribution >= 4 is 21.5 Å². The molecule has 0 saturated carbocycles. The van der Waals surface area contributed by atoms with Gasteiger partial charge < -0.3 is 9.64 Å². The lowest BCUT2D eigenvalue weighted by Crippen LogP contribution is -2.67. The number of rotatable bonds is 7. The van der Waals surface area contributed by atoms with Gasteiger partial charge in [-0.1, -0.05) is 0 Å². The van der Waals surface area contributed by atoms with Crippen molar-refractivity contribution in [2.45, 2.75) is 31.5 Å². The molecule has 3 aromatic heterocycles. The van der Waals surface area contributed by atoms with E-state index >= 15 is 0 Å². The highest BCUT2D eigenvalue weighted by Crippen LogP contribution is 2.28. The third-order valence-electron chi connectivity index (χ3n) is 6.66. The summed E-state index contributed by atoms with van der Waals surface area (Å²) in [7, 11) is -3.35. The number of fused-ring (bicyclic) bond motifs is 1. The number of hydrogen-bond acceptors (Lipinski definition) is 8. The van der Waals surface area contributed by atoms with Crippen molar-refractivity contribution in [3.63, 3.8) is 0 Å². The molecule has 0 amide bonds. The quantitative estimate of drug-likeness (QED) is 0.514. The van der Waals surface area contributed by atoms with Crippen molar-refractivity contribution < 1.29 is 21.9 Å². The Morgan fingerprint density at radius 1 is 1.20 bits per heavy atom.